The number of aryl methyl sites for hydroxylation is 2. The largest absolute Gasteiger partial charge is 0.394 e. The normalized spacial score (nSPS) is 11.1. The number of aromatic nitrogens is 2. The van der Waals surface area contributed by atoms with Crippen molar-refractivity contribution in [1.29, 1.82) is 0 Å². The van der Waals surface area contributed by atoms with E-state index in [0.717, 1.165) is 29.3 Å². The molecular weight excluding hydrogens is 248 g/mol. The molecule has 2 aromatic rings. The van der Waals surface area contributed by atoms with E-state index in [4.69, 9.17) is 5.73 Å². The van der Waals surface area contributed by atoms with Crippen LogP contribution in [0.15, 0.2) is 24.3 Å². The van der Waals surface area contributed by atoms with E-state index in [-0.39, 0.29) is 6.04 Å². The van der Waals surface area contributed by atoms with Crippen LogP contribution in [0.3, 0.4) is 0 Å². The van der Waals surface area contributed by atoms with Crippen molar-refractivity contribution in [3.63, 3.8) is 0 Å². The second-order valence-corrected chi connectivity index (χ2v) is 5.46. The molecule has 0 aliphatic carbocycles. The van der Waals surface area contributed by atoms with Gasteiger partial charge in [0.1, 0.15) is 0 Å². The van der Waals surface area contributed by atoms with E-state index in [9.17, 15) is 0 Å². The first kappa shape index (κ1) is 14.4. The van der Waals surface area contributed by atoms with E-state index >= 15 is 0 Å². The summed E-state index contributed by atoms with van der Waals surface area (Å²) in [6.45, 7) is 8.32. The van der Waals surface area contributed by atoms with E-state index in [1.54, 1.807) is 0 Å². The monoisotopic (exact) mass is 272 g/mol. The van der Waals surface area contributed by atoms with Gasteiger partial charge < -0.3 is 11.1 Å². The molecule has 0 unspecified atom stereocenters. The van der Waals surface area contributed by atoms with Crippen molar-refractivity contribution in [2.75, 3.05) is 11.1 Å². The topological polar surface area (TPSA) is 55.9 Å². The number of hydrogen-bond acceptors (Lipinski definition) is 3. The molecule has 1 aromatic heterocycles. The van der Waals surface area contributed by atoms with Crippen LogP contribution < -0.4 is 11.1 Å². The minimum Gasteiger partial charge on any atom is -0.394 e. The maximum atomic E-state index is 6.12. The minimum atomic E-state index is 0.271. The summed E-state index contributed by atoms with van der Waals surface area (Å²) in [6, 6.07) is 8.78. The smallest absolute Gasteiger partial charge is 0.152 e. The van der Waals surface area contributed by atoms with Crippen LogP contribution in [0.2, 0.25) is 0 Å². The van der Waals surface area contributed by atoms with E-state index in [1.165, 1.54) is 12.0 Å². The third kappa shape index (κ3) is 2.95. The molecular formula is C16H24N4. The van der Waals surface area contributed by atoms with Crippen molar-refractivity contribution in [3.05, 3.63) is 35.5 Å². The molecule has 3 N–H and O–H groups in total. The Morgan fingerprint density at radius 1 is 1.25 bits per heavy atom. The van der Waals surface area contributed by atoms with Gasteiger partial charge in [-0.1, -0.05) is 25.5 Å². The van der Waals surface area contributed by atoms with Gasteiger partial charge >= 0.3 is 0 Å². The van der Waals surface area contributed by atoms with Gasteiger partial charge in [0.05, 0.1) is 11.4 Å². The molecule has 0 radical (unpaired) electrons. The molecule has 108 valence electrons. The molecule has 0 atom stereocenters. The Hall–Kier alpha value is -1.97. The predicted octanol–water partition coefficient (Wildman–Crippen LogP) is 4.05. The summed E-state index contributed by atoms with van der Waals surface area (Å²) in [5, 5.41) is 7.87. The zero-order valence-electron chi connectivity index (χ0n) is 12.8. The van der Waals surface area contributed by atoms with Crippen molar-refractivity contribution in [2.24, 2.45) is 0 Å². The third-order valence-electron chi connectivity index (χ3n) is 3.38. The highest BCUT2D eigenvalue weighted by atomic mass is 15.4. The van der Waals surface area contributed by atoms with Crippen LogP contribution in [-0.2, 0) is 6.42 Å². The highest BCUT2D eigenvalue weighted by molar-refractivity contribution is 5.71. The molecule has 0 bridgehead atoms. The standard InChI is InChI=1S/C16H24N4/c1-5-6-13-7-9-14(10-8-13)18-16-15(17)12(4)19-20(16)11(2)3/h7-11,18H,5-6,17H2,1-4H3. The van der Waals surface area contributed by atoms with Gasteiger partial charge in [0.25, 0.3) is 0 Å². The predicted molar refractivity (Wildman–Crippen MR) is 85.5 cm³/mol. The van der Waals surface area contributed by atoms with Crippen LogP contribution in [0.4, 0.5) is 17.2 Å². The fourth-order valence-corrected chi connectivity index (χ4v) is 2.24. The van der Waals surface area contributed by atoms with Crippen molar-refractivity contribution in [2.45, 2.75) is 46.6 Å². The van der Waals surface area contributed by atoms with E-state index < -0.39 is 0 Å². The zero-order chi connectivity index (χ0) is 14.7. The number of nitrogen functional groups attached to an aromatic ring is 1. The molecule has 2 rings (SSSR count). The van der Waals surface area contributed by atoms with Gasteiger partial charge in [-0.15, -0.1) is 0 Å². The molecule has 0 fully saturated rings. The van der Waals surface area contributed by atoms with Crippen molar-refractivity contribution < 1.29 is 0 Å². The van der Waals surface area contributed by atoms with Crippen molar-refractivity contribution in [1.82, 2.24) is 9.78 Å². The Bertz CT molecular complexity index is 567. The van der Waals surface area contributed by atoms with Crippen LogP contribution in [0.25, 0.3) is 0 Å². The SMILES string of the molecule is CCCc1ccc(Nc2c(N)c(C)nn2C(C)C)cc1. The van der Waals surface area contributed by atoms with Crippen LogP contribution in [0, 0.1) is 6.92 Å². The molecule has 1 heterocycles. The third-order valence-corrected chi connectivity index (χ3v) is 3.38. The van der Waals surface area contributed by atoms with Gasteiger partial charge in [0.2, 0.25) is 0 Å². The average molecular weight is 272 g/mol. The lowest BCUT2D eigenvalue weighted by molar-refractivity contribution is 0.536. The first-order chi connectivity index (χ1) is 9.52. The average Bonchev–Trinajstić information content (AvgIpc) is 2.70. The number of nitrogens with one attached hydrogen (secondary N) is 1. The number of rotatable bonds is 5. The Kier molecular flexibility index (Phi) is 4.32. The Labute approximate surface area is 121 Å². The van der Waals surface area contributed by atoms with E-state index in [2.05, 4.69) is 55.5 Å². The Morgan fingerprint density at radius 3 is 2.45 bits per heavy atom. The number of anilines is 3. The maximum absolute atomic E-state index is 6.12. The molecule has 0 aliphatic heterocycles. The van der Waals surface area contributed by atoms with Gasteiger partial charge in [-0.2, -0.15) is 5.10 Å². The van der Waals surface area contributed by atoms with Crippen LogP contribution in [0.1, 0.15) is 44.5 Å². The molecule has 20 heavy (non-hydrogen) atoms. The summed E-state index contributed by atoms with van der Waals surface area (Å²) in [4.78, 5) is 0. The second-order valence-electron chi connectivity index (χ2n) is 5.46. The minimum absolute atomic E-state index is 0.271. The summed E-state index contributed by atoms with van der Waals surface area (Å²) in [6.07, 6.45) is 2.28. The summed E-state index contributed by atoms with van der Waals surface area (Å²) in [5.41, 5.74) is 10.1. The Balaban J connectivity index is 2.25. The Morgan fingerprint density at radius 2 is 1.90 bits per heavy atom. The molecule has 0 saturated carbocycles. The van der Waals surface area contributed by atoms with Crippen LogP contribution >= 0.6 is 0 Å². The van der Waals surface area contributed by atoms with E-state index in [0.29, 0.717) is 0 Å². The fourth-order valence-electron chi connectivity index (χ4n) is 2.24. The van der Waals surface area contributed by atoms with Crippen LogP contribution in [0.5, 0.6) is 0 Å². The fraction of sp³-hybridized carbons (Fsp3) is 0.438. The molecule has 4 heteroatoms. The van der Waals surface area contributed by atoms with E-state index in [1.807, 2.05) is 11.6 Å². The van der Waals surface area contributed by atoms with Crippen molar-refractivity contribution >= 4 is 17.2 Å². The maximum Gasteiger partial charge on any atom is 0.152 e. The number of benzene rings is 1. The lowest BCUT2D eigenvalue weighted by atomic mass is 10.1. The van der Waals surface area contributed by atoms with Gasteiger partial charge in [-0.3, -0.25) is 0 Å². The lowest BCUT2D eigenvalue weighted by Gasteiger charge is -2.13. The number of nitrogens with two attached hydrogens (primary N) is 1. The quantitative estimate of drug-likeness (QED) is 0.863. The molecule has 0 amide bonds. The summed E-state index contributed by atoms with van der Waals surface area (Å²) in [7, 11) is 0. The molecule has 0 spiro atoms. The highest BCUT2D eigenvalue weighted by Gasteiger charge is 2.14. The van der Waals surface area contributed by atoms with Gasteiger partial charge in [-0.25, -0.2) is 4.68 Å². The summed E-state index contributed by atoms with van der Waals surface area (Å²) in [5.74, 6) is 0.876. The van der Waals surface area contributed by atoms with Crippen LogP contribution in [-0.4, -0.2) is 9.78 Å². The first-order valence-electron chi connectivity index (χ1n) is 7.23. The molecule has 0 saturated heterocycles. The molecule has 0 aliphatic rings. The zero-order valence-corrected chi connectivity index (χ0v) is 12.8. The lowest BCUT2D eigenvalue weighted by Crippen LogP contribution is -2.08. The first-order valence-corrected chi connectivity index (χ1v) is 7.23. The molecule has 4 nitrogen and oxygen atoms in total. The van der Waals surface area contributed by atoms with Gasteiger partial charge in [0.15, 0.2) is 5.82 Å². The number of hydrogen-bond donors (Lipinski definition) is 2. The summed E-state index contributed by atoms with van der Waals surface area (Å²) >= 11 is 0. The van der Waals surface area contributed by atoms with Gasteiger partial charge in [-0.05, 0) is 44.9 Å². The molecule has 1 aromatic carbocycles. The summed E-state index contributed by atoms with van der Waals surface area (Å²) < 4.78 is 1.94. The van der Waals surface area contributed by atoms with Gasteiger partial charge in [0, 0.05) is 11.7 Å². The number of nitrogens with zero attached hydrogens (tertiary/aromatic N) is 2. The van der Waals surface area contributed by atoms with Crippen molar-refractivity contribution in [3.8, 4) is 0 Å². The highest BCUT2D eigenvalue weighted by Crippen LogP contribution is 2.28. The second kappa shape index (κ2) is 5.99.